The number of carbonyl (C=O) groups excluding carboxylic acids is 1. The van der Waals surface area contributed by atoms with Crippen LogP contribution in [0.15, 0.2) is 18.9 Å². The zero-order valence-electron chi connectivity index (χ0n) is 15.2. The van der Waals surface area contributed by atoms with Crippen molar-refractivity contribution in [3.8, 4) is 0 Å². The first kappa shape index (κ1) is 18.8. The fourth-order valence-electron chi connectivity index (χ4n) is 3.37. The third-order valence-corrected chi connectivity index (χ3v) is 4.83. The number of aromatic nitrogens is 3. The number of amides is 1. The van der Waals surface area contributed by atoms with E-state index in [0.29, 0.717) is 23.3 Å². The highest BCUT2D eigenvalue weighted by atomic mass is 19.1. The number of alkyl halides is 1. The highest BCUT2D eigenvalue weighted by Gasteiger charge is 2.36. The van der Waals surface area contributed by atoms with Crippen molar-refractivity contribution in [1.29, 1.82) is 0 Å². The number of piperidine rings is 1. The number of nitrogens with zero attached hydrogens (tertiary/aromatic N) is 3. The summed E-state index contributed by atoms with van der Waals surface area (Å²) in [7, 11) is 0. The Balaban J connectivity index is 1.99. The highest BCUT2D eigenvalue weighted by Crippen LogP contribution is 2.28. The summed E-state index contributed by atoms with van der Waals surface area (Å²) in [5, 5.41) is 12.7. The van der Waals surface area contributed by atoms with Crippen LogP contribution in [0.25, 0.3) is 11.0 Å². The van der Waals surface area contributed by atoms with Crippen molar-refractivity contribution < 1.29 is 19.1 Å². The number of anilines is 1. The van der Waals surface area contributed by atoms with Gasteiger partial charge in [-0.2, -0.15) is 0 Å². The molecule has 144 valence electrons. The number of hydrogen-bond acceptors (Lipinski definition) is 5. The summed E-state index contributed by atoms with van der Waals surface area (Å²) in [6.45, 7) is 7.28. The van der Waals surface area contributed by atoms with Crippen molar-refractivity contribution in [2.24, 2.45) is 0 Å². The predicted octanol–water partition coefficient (Wildman–Crippen LogP) is 2.14. The smallest absolute Gasteiger partial charge is 0.338 e. The second-order valence-corrected chi connectivity index (χ2v) is 6.62. The Labute approximate surface area is 155 Å². The molecule has 8 nitrogen and oxygen atoms in total. The molecular formula is C18H22FN5O3. The van der Waals surface area contributed by atoms with Crippen molar-refractivity contribution >= 4 is 28.7 Å². The van der Waals surface area contributed by atoms with E-state index in [2.05, 4.69) is 26.8 Å². The van der Waals surface area contributed by atoms with E-state index in [1.165, 1.54) is 12.3 Å². The molecule has 3 N–H and O–H groups in total. The molecular weight excluding hydrogens is 353 g/mol. The molecule has 0 spiro atoms. The van der Waals surface area contributed by atoms with Gasteiger partial charge in [-0.15, -0.1) is 0 Å². The monoisotopic (exact) mass is 375 g/mol. The molecule has 0 aromatic carbocycles. The van der Waals surface area contributed by atoms with Crippen molar-refractivity contribution in [3.05, 3.63) is 30.2 Å². The van der Waals surface area contributed by atoms with E-state index < -0.39 is 18.2 Å². The van der Waals surface area contributed by atoms with Crippen LogP contribution in [0.1, 0.15) is 36.5 Å². The van der Waals surface area contributed by atoms with Crippen LogP contribution in [0.5, 0.6) is 0 Å². The van der Waals surface area contributed by atoms with Crippen LogP contribution in [0, 0.1) is 0 Å². The quantitative estimate of drug-likeness (QED) is 0.691. The lowest BCUT2D eigenvalue weighted by atomic mass is 9.97. The molecule has 1 fully saturated rings. The van der Waals surface area contributed by atoms with Crippen LogP contribution in [0.3, 0.4) is 0 Å². The van der Waals surface area contributed by atoms with Gasteiger partial charge in [0.2, 0.25) is 5.91 Å². The minimum absolute atomic E-state index is 0.00811. The standard InChI is InChI=1S/C18H22FN5O3/c1-4-13-22-16-15(10(7-20-16)18(26)27)17(23-13)21-12-8-24(14(25)5-2)9(3)6-11(12)19/h5,7,9,11-12H,2,4,6,8H2,1,3H3,(H,26,27)(H2,20,21,22,23)/t9-,11-,12-/m1/s1. The van der Waals surface area contributed by atoms with Gasteiger partial charge in [0, 0.05) is 31.6 Å². The number of likely N-dealkylation sites (tertiary alicyclic amines) is 1. The number of nitrogens with one attached hydrogen (secondary N) is 2. The number of H-pyrrole nitrogens is 1. The topological polar surface area (TPSA) is 111 Å². The molecule has 1 aliphatic rings. The van der Waals surface area contributed by atoms with Crippen LogP contribution in [-0.2, 0) is 11.2 Å². The fraction of sp³-hybridized carbons (Fsp3) is 0.444. The molecule has 0 unspecified atom stereocenters. The molecule has 3 heterocycles. The van der Waals surface area contributed by atoms with Crippen LogP contribution in [-0.4, -0.2) is 61.6 Å². The van der Waals surface area contributed by atoms with Crippen LogP contribution >= 0.6 is 0 Å². The Morgan fingerprint density at radius 2 is 2.26 bits per heavy atom. The van der Waals surface area contributed by atoms with Crippen LogP contribution in [0.2, 0.25) is 0 Å². The average molecular weight is 375 g/mol. The Hall–Kier alpha value is -2.97. The number of aromatic amines is 1. The number of carbonyl (C=O) groups is 2. The van der Waals surface area contributed by atoms with Crippen molar-refractivity contribution in [2.45, 2.75) is 44.9 Å². The maximum absolute atomic E-state index is 14.7. The first-order valence-corrected chi connectivity index (χ1v) is 8.80. The van der Waals surface area contributed by atoms with Crippen LogP contribution < -0.4 is 5.32 Å². The minimum atomic E-state index is -1.21. The maximum atomic E-state index is 14.7. The van der Waals surface area contributed by atoms with Gasteiger partial charge in [-0.1, -0.05) is 13.5 Å². The summed E-state index contributed by atoms with van der Waals surface area (Å²) in [6.07, 6.45) is 2.05. The molecule has 1 amide bonds. The van der Waals surface area contributed by atoms with Crippen molar-refractivity contribution in [2.75, 3.05) is 11.9 Å². The van der Waals surface area contributed by atoms with Gasteiger partial charge in [-0.25, -0.2) is 19.2 Å². The lowest BCUT2D eigenvalue weighted by Crippen LogP contribution is -2.54. The Bertz CT molecular complexity index is 896. The van der Waals surface area contributed by atoms with Crippen LogP contribution in [0.4, 0.5) is 10.2 Å². The molecule has 9 heteroatoms. The minimum Gasteiger partial charge on any atom is -0.478 e. The van der Waals surface area contributed by atoms with Crippen molar-refractivity contribution in [1.82, 2.24) is 19.9 Å². The number of hydrogen-bond donors (Lipinski definition) is 3. The summed E-state index contributed by atoms with van der Waals surface area (Å²) < 4.78 is 14.7. The zero-order chi connectivity index (χ0) is 19.7. The van der Waals surface area contributed by atoms with Gasteiger partial charge < -0.3 is 20.3 Å². The number of rotatable bonds is 5. The molecule has 27 heavy (non-hydrogen) atoms. The van der Waals surface area contributed by atoms with E-state index >= 15 is 0 Å². The third kappa shape index (κ3) is 3.49. The van der Waals surface area contributed by atoms with E-state index in [4.69, 9.17) is 0 Å². The molecule has 1 saturated heterocycles. The SMILES string of the molecule is C=CC(=O)N1C[C@@H](Nc2nc(CC)nc3[nH]cc(C(=O)O)c23)[C@H](F)C[C@H]1C. The molecule has 1 aliphatic heterocycles. The Morgan fingerprint density at radius 3 is 2.89 bits per heavy atom. The van der Waals surface area contributed by atoms with E-state index in [1.54, 1.807) is 11.8 Å². The van der Waals surface area contributed by atoms with E-state index in [9.17, 15) is 19.1 Å². The lowest BCUT2D eigenvalue weighted by molar-refractivity contribution is -0.130. The first-order valence-electron chi connectivity index (χ1n) is 8.80. The molecule has 3 atom stereocenters. The molecule has 0 aliphatic carbocycles. The third-order valence-electron chi connectivity index (χ3n) is 4.83. The number of carboxylic acid groups (broad SMARTS) is 1. The summed E-state index contributed by atoms with van der Waals surface area (Å²) in [5.41, 5.74) is 0.383. The van der Waals surface area contributed by atoms with Gasteiger partial charge in [0.25, 0.3) is 0 Å². The summed E-state index contributed by atoms with van der Waals surface area (Å²) in [6, 6.07) is -0.966. The van der Waals surface area contributed by atoms with Crippen molar-refractivity contribution in [3.63, 3.8) is 0 Å². The largest absolute Gasteiger partial charge is 0.478 e. The highest BCUT2D eigenvalue weighted by molar-refractivity contribution is 6.06. The molecule has 3 rings (SSSR count). The Morgan fingerprint density at radius 1 is 1.52 bits per heavy atom. The number of fused-ring (bicyclic) bond motifs is 1. The molecule has 2 aromatic heterocycles. The number of aromatic carboxylic acids is 1. The predicted molar refractivity (Wildman–Crippen MR) is 98.5 cm³/mol. The number of aryl methyl sites for hydroxylation is 1. The molecule has 0 radical (unpaired) electrons. The molecule has 0 saturated carbocycles. The van der Waals surface area contributed by atoms with E-state index in [-0.39, 0.29) is 36.3 Å². The first-order chi connectivity index (χ1) is 12.8. The number of halogens is 1. The molecule has 2 aromatic rings. The van der Waals surface area contributed by atoms with Gasteiger partial charge >= 0.3 is 5.97 Å². The van der Waals surface area contributed by atoms with Gasteiger partial charge in [0.15, 0.2) is 0 Å². The van der Waals surface area contributed by atoms with Gasteiger partial charge in [0.1, 0.15) is 23.5 Å². The van der Waals surface area contributed by atoms with E-state index in [1.807, 2.05) is 6.92 Å². The summed E-state index contributed by atoms with van der Waals surface area (Å²) in [5.74, 6) is -0.642. The van der Waals surface area contributed by atoms with Gasteiger partial charge in [-0.05, 0) is 13.0 Å². The maximum Gasteiger partial charge on any atom is 0.338 e. The normalized spacial score (nSPS) is 22.6. The van der Waals surface area contributed by atoms with Gasteiger partial charge in [0.05, 0.1) is 17.0 Å². The molecule has 0 bridgehead atoms. The second-order valence-electron chi connectivity index (χ2n) is 6.62. The fourth-order valence-corrected chi connectivity index (χ4v) is 3.37. The second kappa shape index (κ2) is 7.34. The summed E-state index contributed by atoms with van der Waals surface area (Å²) >= 11 is 0. The average Bonchev–Trinajstić information content (AvgIpc) is 3.07. The van der Waals surface area contributed by atoms with Gasteiger partial charge in [-0.3, -0.25) is 4.79 Å². The summed E-state index contributed by atoms with van der Waals surface area (Å²) in [4.78, 5) is 36.6. The zero-order valence-corrected chi connectivity index (χ0v) is 15.2. The lowest BCUT2D eigenvalue weighted by Gasteiger charge is -2.40. The number of carboxylic acids is 1. The Kier molecular flexibility index (Phi) is 5.11. The van der Waals surface area contributed by atoms with E-state index in [0.717, 1.165) is 0 Å².